The lowest BCUT2D eigenvalue weighted by molar-refractivity contribution is -0.303. The number of carbonyl (C=O) groups is 1. The van der Waals surface area contributed by atoms with E-state index in [0.29, 0.717) is 19.3 Å². The summed E-state index contributed by atoms with van der Waals surface area (Å²) in [4.78, 5) is 13.2. The lowest BCUT2D eigenvalue weighted by atomic mass is 9.98. The van der Waals surface area contributed by atoms with Crippen molar-refractivity contribution >= 4 is 5.91 Å². The molecule has 1 rings (SSSR count). The predicted octanol–water partition coefficient (Wildman–Crippen LogP) is 15.0. The van der Waals surface area contributed by atoms with Crippen molar-refractivity contribution in [1.29, 1.82) is 0 Å². The van der Waals surface area contributed by atoms with Gasteiger partial charge in [0.25, 0.3) is 0 Å². The molecule has 0 aliphatic carbocycles. The first-order valence-electron chi connectivity index (χ1n) is 32.9. The number of ether oxygens (including phenoxy) is 2. The second-order valence-corrected chi connectivity index (χ2v) is 23.2. The Bertz CT molecular complexity index is 1350. The Hall–Kier alpha value is -1.67. The second kappa shape index (κ2) is 54.9. The number of unbranched alkanes of at least 4 members (excludes halogenated alkanes) is 39. The number of amides is 1. The van der Waals surface area contributed by atoms with Gasteiger partial charge in [-0.05, 0) is 64.2 Å². The summed E-state index contributed by atoms with van der Waals surface area (Å²) in [6.45, 7) is 3.48. The molecule has 1 saturated heterocycles. The molecule has 1 heterocycles. The van der Waals surface area contributed by atoms with Crippen LogP contribution in [0.2, 0.25) is 0 Å². The van der Waals surface area contributed by atoms with E-state index in [0.717, 1.165) is 44.9 Å². The summed E-state index contributed by atoms with van der Waals surface area (Å²) in [5, 5.41) is 76.3. The van der Waals surface area contributed by atoms with E-state index in [9.17, 15) is 40.5 Å². The first-order valence-corrected chi connectivity index (χ1v) is 32.9. The van der Waals surface area contributed by atoms with Crippen molar-refractivity contribution in [1.82, 2.24) is 5.32 Å². The Morgan fingerprint density at radius 3 is 1.16 bits per heavy atom. The average Bonchev–Trinajstić information content (AvgIpc) is 3.43. The zero-order valence-electron chi connectivity index (χ0n) is 50.0. The standard InChI is InChI=1S/C66H125NO10/c1-3-5-7-9-11-13-15-17-19-21-23-25-27-28-29-30-32-34-36-38-40-42-44-46-48-50-52-54-59(70)65(75)67-57(56-76-66-64(74)63(73)62(72)60(55-68)77-66)61(71)58(69)53-51-49-47-45-43-41-39-37-35-33-31-26-24-22-20-18-16-14-12-10-8-6-4-2/h26,31,37,39,45,47,57-64,66,68-74H,3-25,27-30,32-36,38,40-44,46,48-56H2,1-2H3,(H,67,75)/b31-26+,39-37+,47-45+. The van der Waals surface area contributed by atoms with E-state index in [4.69, 9.17) is 9.47 Å². The molecule has 0 bridgehead atoms. The molecule has 454 valence electrons. The van der Waals surface area contributed by atoms with Crippen LogP contribution >= 0.6 is 0 Å². The molecule has 9 atom stereocenters. The Labute approximate surface area is 473 Å². The molecule has 77 heavy (non-hydrogen) atoms. The van der Waals surface area contributed by atoms with Gasteiger partial charge in [-0.25, -0.2) is 0 Å². The zero-order valence-corrected chi connectivity index (χ0v) is 50.0. The zero-order chi connectivity index (χ0) is 56.1. The fourth-order valence-electron chi connectivity index (χ4n) is 10.6. The molecule has 0 spiro atoms. The highest BCUT2D eigenvalue weighted by Crippen LogP contribution is 2.24. The largest absolute Gasteiger partial charge is 0.394 e. The van der Waals surface area contributed by atoms with Gasteiger partial charge in [-0.2, -0.15) is 0 Å². The van der Waals surface area contributed by atoms with E-state index in [1.807, 2.05) is 0 Å². The second-order valence-electron chi connectivity index (χ2n) is 23.2. The monoisotopic (exact) mass is 1090 g/mol. The number of aliphatic hydroxyl groups excluding tert-OH is 7. The van der Waals surface area contributed by atoms with Crippen LogP contribution < -0.4 is 5.32 Å². The van der Waals surface area contributed by atoms with Crippen LogP contribution in [0.3, 0.4) is 0 Å². The van der Waals surface area contributed by atoms with Gasteiger partial charge in [0.15, 0.2) is 6.29 Å². The fraction of sp³-hybridized carbons (Fsp3) is 0.894. The first kappa shape index (κ1) is 73.3. The van der Waals surface area contributed by atoms with Crippen LogP contribution in [0.5, 0.6) is 0 Å². The maximum absolute atomic E-state index is 13.2. The molecule has 1 fully saturated rings. The summed E-state index contributed by atoms with van der Waals surface area (Å²) in [5.74, 6) is -0.707. The summed E-state index contributed by atoms with van der Waals surface area (Å²) in [6, 6.07) is -1.19. The highest BCUT2D eigenvalue weighted by atomic mass is 16.7. The number of hydrogen-bond acceptors (Lipinski definition) is 10. The SMILES string of the molecule is CCCCCCCCCCCC/C=C/CC/C=C/CC/C=C/CCCC(O)C(O)C(COC1OC(CO)C(O)C(O)C1O)NC(=O)C(O)CCCCCCCCCCCCCCCCCCCCCCCCCCCCC. The van der Waals surface area contributed by atoms with E-state index in [-0.39, 0.29) is 12.8 Å². The summed E-state index contributed by atoms with van der Waals surface area (Å²) < 4.78 is 11.2. The van der Waals surface area contributed by atoms with Crippen molar-refractivity contribution in [3.63, 3.8) is 0 Å². The molecule has 1 amide bonds. The maximum atomic E-state index is 13.2. The lowest BCUT2D eigenvalue weighted by Gasteiger charge is -2.40. The van der Waals surface area contributed by atoms with Crippen LogP contribution in [0.15, 0.2) is 36.5 Å². The van der Waals surface area contributed by atoms with E-state index in [1.54, 1.807) is 0 Å². The van der Waals surface area contributed by atoms with Crippen molar-refractivity contribution in [2.24, 2.45) is 0 Å². The van der Waals surface area contributed by atoms with Crippen molar-refractivity contribution < 1.29 is 50.0 Å². The molecule has 0 aromatic rings. The predicted molar refractivity (Wildman–Crippen MR) is 321 cm³/mol. The minimum atomic E-state index is -1.67. The molecule has 9 unspecified atom stereocenters. The van der Waals surface area contributed by atoms with Crippen molar-refractivity contribution in [3.05, 3.63) is 36.5 Å². The van der Waals surface area contributed by atoms with Gasteiger partial charge in [0, 0.05) is 0 Å². The van der Waals surface area contributed by atoms with Gasteiger partial charge in [0.2, 0.25) is 5.91 Å². The molecule has 11 nitrogen and oxygen atoms in total. The average molecular weight is 1090 g/mol. The van der Waals surface area contributed by atoms with E-state index in [1.165, 1.54) is 218 Å². The number of allylic oxidation sites excluding steroid dienone is 6. The smallest absolute Gasteiger partial charge is 0.249 e. The number of carbonyl (C=O) groups excluding carboxylic acids is 1. The van der Waals surface area contributed by atoms with Crippen LogP contribution in [0.25, 0.3) is 0 Å². The minimum Gasteiger partial charge on any atom is -0.394 e. The van der Waals surface area contributed by atoms with Crippen molar-refractivity contribution in [2.75, 3.05) is 13.2 Å². The number of hydrogen-bond donors (Lipinski definition) is 8. The highest BCUT2D eigenvalue weighted by molar-refractivity contribution is 5.80. The normalized spacial score (nSPS) is 19.7. The molecule has 0 aromatic heterocycles. The van der Waals surface area contributed by atoms with Gasteiger partial charge in [0.1, 0.15) is 36.6 Å². The quantitative estimate of drug-likeness (QED) is 0.0215. The van der Waals surface area contributed by atoms with Crippen LogP contribution in [0, 0.1) is 0 Å². The van der Waals surface area contributed by atoms with Crippen LogP contribution in [0.4, 0.5) is 0 Å². The molecular formula is C66H125NO10. The van der Waals surface area contributed by atoms with Crippen LogP contribution in [-0.2, 0) is 14.3 Å². The van der Waals surface area contributed by atoms with Gasteiger partial charge >= 0.3 is 0 Å². The van der Waals surface area contributed by atoms with E-state index < -0.39 is 74.2 Å². The fourth-order valence-corrected chi connectivity index (χ4v) is 10.6. The van der Waals surface area contributed by atoms with Gasteiger partial charge in [-0.15, -0.1) is 0 Å². The first-order chi connectivity index (χ1) is 37.7. The van der Waals surface area contributed by atoms with Crippen molar-refractivity contribution in [2.45, 2.75) is 364 Å². The highest BCUT2D eigenvalue weighted by Gasteiger charge is 2.44. The molecule has 0 aromatic carbocycles. The Morgan fingerprint density at radius 2 is 0.779 bits per heavy atom. The molecule has 0 radical (unpaired) electrons. The molecule has 11 heteroatoms. The minimum absolute atomic E-state index is 0.243. The topological polar surface area (TPSA) is 189 Å². The van der Waals surface area contributed by atoms with Crippen LogP contribution in [0.1, 0.15) is 309 Å². The molecule has 1 aliphatic heterocycles. The van der Waals surface area contributed by atoms with Gasteiger partial charge in [-0.1, -0.05) is 281 Å². The summed E-state index contributed by atoms with van der Waals surface area (Å²) in [6.07, 6.45) is 57.9. The maximum Gasteiger partial charge on any atom is 0.249 e. The molecule has 1 aliphatic rings. The lowest BCUT2D eigenvalue weighted by Crippen LogP contribution is -2.60. The Balaban J connectivity index is 2.27. The third-order valence-corrected chi connectivity index (χ3v) is 15.9. The summed E-state index contributed by atoms with van der Waals surface area (Å²) in [7, 11) is 0. The Morgan fingerprint density at radius 1 is 0.442 bits per heavy atom. The van der Waals surface area contributed by atoms with Gasteiger partial charge < -0.3 is 50.5 Å². The molecule has 0 saturated carbocycles. The van der Waals surface area contributed by atoms with E-state index >= 15 is 0 Å². The van der Waals surface area contributed by atoms with E-state index in [2.05, 4.69) is 55.6 Å². The molecular weight excluding hydrogens is 967 g/mol. The van der Waals surface area contributed by atoms with Crippen molar-refractivity contribution in [3.8, 4) is 0 Å². The third kappa shape index (κ3) is 42.8. The van der Waals surface area contributed by atoms with Gasteiger partial charge in [-0.3, -0.25) is 4.79 Å². The third-order valence-electron chi connectivity index (χ3n) is 15.9. The van der Waals surface area contributed by atoms with Gasteiger partial charge in [0.05, 0.1) is 25.4 Å². The summed E-state index contributed by atoms with van der Waals surface area (Å²) >= 11 is 0. The number of nitrogens with one attached hydrogen (secondary N) is 1. The Kier molecular flexibility index (Phi) is 52.3. The summed E-state index contributed by atoms with van der Waals surface area (Å²) in [5.41, 5.74) is 0. The molecule has 8 N–H and O–H groups in total. The number of rotatable bonds is 57. The van der Waals surface area contributed by atoms with Crippen LogP contribution in [-0.4, -0.2) is 110 Å². The number of aliphatic hydroxyl groups is 7.